The molecule has 1 aromatic heterocycles. The molecule has 0 unspecified atom stereocenters. The van der Waals surface area contributed by atoms with Crippen molar-refractivity contribution in [3.8, 4) is 11.8 Å². The van der Waals surface area contributed by atoms with Crippen LogP contribution in [0.3, 0.4) is 0 Å². The van der Waals surface area contributed by atoms with Gasteiger partial charge in [0.2, 0.25) is 0 Å². The second-order valence-corrected chi connectivity index (χ2v) is 4.74. The predicted octanol–water partition coefficient (Wildman–Crippen LogP) is 3.28. The molecule has 4 heteroatoms. The summed E-state index contributed by atoms with van der Waals surface area (Å²) in [5.41, 5.74) is 2.77. The van der Waals surface area contributed by atoms with Gasteiger partial charge < -0.3 is 0 Å². The number of aromatic amines is 1. The fourth-order valence-corrected chi connectivity index (χ4v) is 2.20. The summed E-state index contributed by atoms with van der Waals surface area (Å²) in [5.74, 6) is 0.650. The summed E-state index contributed by atoms with van der Waals surface area (Å²) in [4.78, 5) is 0. The minimum atomic E-state index is 0.645. The van der Waals surface area contributed by atoms with Gasteiger partial charge in [0, 0.05) is 11.6 Å². The second-order valence-electron chi connectivity index (χ2n) is 4.32. The highest BCUT2D eigenvalue weighted by Crippen LogP contribution is 2.39. The minimum absolute atomic E-state index is 0.645. The van der Waals surface area contributed by atoms with Crippen molar-refractivity contribution >= 4 is 12.2 Å². The average molecular weight is 241 g/mol. The van der Waals surface area contributed by atoms with Crippen molar-refractivity contribution in [2.45, 2.75) is 18.8 Å². The number of nitrogens with one attached hydrogen (secondary N) is 1. The zero-order valence-corrected chi connectivity index (χ0v) is 10.00. The molecule has 1 N–H and O–H groups in total. The first kappa shape index (κ1) is 10.3. The van der Waals surface area contributed by atoms with Crippen molar-refractivity contribution in [1.29, 1.82) is 5.26 Å². The fraction of sp³-hybridized carbons (Fsp3) is 0.231. The first-order valence-electron chi connectivity index (χ1n) is 5.60. The lowest BCUT2D eigenvalue weighted by molar-refractivity contribution is 0.829. The van der Waals surface area contributed by atoms with Gasteiger partial charge in [-0.25, -0.2) is 4.68 Å². The first-order chi connectivity index (χ1) is 8.28. The molecule has 1 aromatic carbocycles. The fourth-order valence-electron chi connectivity index (χ4n) is 1.92. The summed E-state index contributed by atoms with van der Waals surface area (Å²) in [7, 11) is 0. The number of aromatic nitrogens is 2. The number of hydrogen-bond acceptors (Lipinski definition) is 2. The Balaban J connectivity index is 2.08. The third-order valence-electron chi connectivity index (χ3n) is 2.99. The highest BCUT2D eigenvalue weighted by atomic mass is 32.1. The van der Waals surface area contributed by atoms with E-state index in [0.29, 0.717) is 11.5 Å². The van der Waals surface area contributed by atoms with Gasteiger partial charge in [0.05, 0.1) is 17.3 Å². The molecule has 0 aliphatic heterocycles. The molecule has 0 saturated heterocycles. The molecule has 1 aliphatic carbocycles. The van der Waals surface area contributed by atoms with Gasteiger partial charge in [-0.05, 0) is 37.1 Å². The minimum Gasteiger partial charge on any atom is -0.297 e. The van der Waals surface area contributed by atoms with E-state index >= 15 is 0 Å². The Morgan fingerprint density at radius 3 is 2.88 bits per heavy atom. The monoisotopic (exact) mass is 241 g/mol. The lowest BCUT2D eigenvalue weighted by atomic mass is 10.2. The SMILES string of the molecule is N#Cc1cccc(-n2[nH]c(C3CC3)cc2=S)c1. The Morgan fingerprint density at radius 2 is 2.18 bits per heavy atom. The van der Waals surface area contributed by atoms with Crippen LogP contribution >= 0.6 is 12.2 Å². The van der Waals surface area contributed by atoms with Crippen LogP contribution in [-0.4, -0.2) is 9.78 Å². The molecule has 0 radical (unpaired) electrons. The summed E-state index contributed by atoms with van der Waals surface area (Å²) in [5, 5.41) is 12.2. The van der Waals surface area contributed by atoms with E-state index in [0.717, 1.165) is 10.3 Å². The van der Waals surface area contributed by atoms with Crippen LogP contribution in [-0.2, 0) is 0 Å². The summed E-state index contributed by atoms with van der Waals surface area (Å²) in [6, 6.07) is 11.6. The van der Waals surface area contributed by atoms with Crippen LogP contribution < -0.4 is 0 Å². The number of rotatable bonds is 2. The van der Waals surface area contributed by atoms with Crippen molar-refractivity contribution in [3.05, 3.63) is 46.2 Å². The topological polar surface area (TPSA) is 44.5 Å². The molecule has 1 aliphatic rings. The molecule has 1 fully saturated rings. The highest BCUT2D eigenvalue weighted by Gasteiger charge is 2.25. The molecule has 0 amide bonds. The molecule has 2 aromatic rings. The molecule has 0 atom stereocenters. The summed E-state index contributed by atoms with van der Waals surface area (Å²) < 4.78 is 2.63. The van der Waals surface area contributed by atoms with Crippen molar-refractivity contribution in [2.24, 2.45) is 0 Å². The maximum atomic E-state index is 8.89. The molecule has 3 nitrogen and oxygen atoms in total. The van der Waals surface area contributed by atoms with E-state index in [1.165, 1.54) is 18.5 Å². The summed E-state index contributed by atoms with van der Waals surface area (Å²) >= 11 is 5.33. The molecule has 17 heavy (non-hydrogen) atoms. The van der Waals surface area contributed by atoms with Crippen LogP contribution in [0.15, 0.2) is 30.3 Å². The van der Waals surface area contributed by atoms with E-state index in [4.69, 9.17) is 17.5 Å². The molecular weight excluding hydrogens is 230 g/mol. The molecule has 1 saturated carbocycles. The average Bonchev–Trinajstić information content (AvgIpc) is 3.13. The van der Waals surface area contributed by atoms with E-state index in [2.05, 4.69) is 11.2 Å². The predicted molar refractivity (Wildman–Crippen MR) is 67.6 cm³/mol. The quantitative estimate of drug-likeness (QED) is 0.820. The lowest BCUT2D eigenvalue weighted by Gasteiger charge is -2.03. The van der Waals surface area contributed by atoms with Gasteiger partial charge in [-0.3, -0.25) is 5.10 Å². The van der Waals surface area contributed by atoms with E-state index in [-0.39, 0.29) is 0 Å². The van der Waals surface area contributed by atoms with Crippen LogP contribution in [0, 0.1) is 16.0 Å². The van der Waals surface area contributed by atoms with Crippen LogP contribution in [0.5, 0.6) is 0 Å². The Bertz CT molecular complexity index is 656. The van der Waals surface area contributed by atoms with E-state index in [1.54, 1.807) is 6.07 Å². The standard InChI is InChI=1S/C13H11N3S/c14-8-9-2-1-3-11(6-9)16-13(17)7-12(15-16)10-4-5-10/h1-3,6-7,10,15H,4-5H2. The van der Waals surface area contributed by atoms with Crippen LogP contribution in [0.1, 0.15) is 30.0 Å². The largest absolute Gasteiger partial charge is 0.297 e. The van der Waals surface area contributed by atoms with E-state index in [1.807, 2.05) is 28.9 Å². The third kappa shape index (κ3) is 1.90. The van der Waals surface area contributed by atoms with Gasteiger partial charge in [0.15, 0.2) is 0 Å². The summed E-state index contributed by atoms with van der Waals surface area (Å²) in [6.45, 7) is 0. The van der Waals surface area contributed by atoms with Crippen molar-refractivity contribution < 1.29 is 0 Å². The van der Waals surface area contributed by atoms with Gasteiger partial charge in [-0.2, -0.15) is 5.26 Å². The van der Waals surface area contributed by atoms with Gasteiger partial charge in [0.1, 0.15) is 4.64 Å². The Morgan fingerprint density at radius 1 is 1.35 bits per heavy atom. The summed E-state index contributed by atoms with van der Waals surface area (Å²) in [6.07, 6.45) is 2.49. The molecule has 3 rings (SSSR count). The van der Waals surface area contributed by atoms with E-state index < -0.39 is 0 Å². The zero-order chi connectivity index (χ0) is 11.8. The number of nitriles is 1. The van der Waals surface area contributed by atoms with E-state index in [9.17, 15) is 0 Å². The molecule has 0 spiro atoms. The van der Waals surface area contributed by atoms with Crippen LogP contribution in [0.25, 0.3) is 5.69 Å². The van der Waals surface area contributed by atoms with Gasteiger partial charge in [-0.15, -0.1) is 0 Å². The van der Waals surface area contributed by atoms with Gasteiger partial charge in [0.25, 0.3) is 0 Å². The van der Waals surface area contributed by atoms with Gasteiger partial charge in [-0.1, -0.05) is 18.3 Å². The molecule has 84 valence electrons. The smallest absolute Gasteiger partial charge is 0.127 e. The first-order valence-corrected chi connectivity index (χ1v) is 6.01. The number of H-pyrrole nitrogens is 1. The number of benzene rings is 1. The van der Waals surface area contributed by atoms with Crippen LogP contribution in [0.4, 0.5) is 0 Å². The maximum Gasteiger partial charge on any atom is 0.127 e. The maximum absolute atomic E-state index is 8.89. The lowest BCUT2D eigenvalue weighted by Crippen LogP contribution is -1.97. The van der Waals surface area contributed by atoms with Crippen LogP contribution in [0.2, 0.25) is 0 Å². The second kappa shape index (κ2) is 3.86. The number of hydrogen-bond donors (Lipinski definition) is 1. The molecule has 0 bridgehead atoms. The zero-order valence-electron chi connectivity index (χ0n) is 9.18. The van der Waals surface area contributed by atoms with Crippen molar-refractivity contribution in [3.63, 3.8) is 0 Å². The Kier molecular flexibility index (Phi) is 2.34. The van der Waals surface area contributed by atoms with Crippen molar-refractivity contribution in [1.82, 2.24) is 9.78 Å². The molecular formula is C13H11N3S. The highest BCUT2D eigenvalue weighted by molar-refractivity contribution is 7.71. The van der Waals surface area contributed by atoms with Crippen molar-refractivity contribution in [2.75, 3.05) is 0 Å². The Hall–Kier alpha value is -1.86. The normalized spacial score (nSPS) is 14.5. The van der Waals surface area contributed by atoms with Gasteiger partial charge >= 0.3 is 0 Å². The third-order valence-corrected chi connectivity index (χ3v) is 3.29. The molecule has 1 heterocycles. The number of nitrogens with zero attached hydrogens (tertiary/aromatic N) is 2. The Labute approximate surface area is 104 Å².